The lowest BCUT2D eigenvalue weighted by molar-refractivity contribution is 0.574. The molecule has 0 bridgehead atoms. The monoisotopic (exact) mass is 297 g/mol. The Morgan fingerprint density at radius 1 is 1.53 bits per heavy atom. The van der Waals surface area contributed by atoms with E-state index in [4.69, 9.17) is 5.73 Å². The lowest BCUT2D eigenvalue weighted by atomic mass is 10.1. The first-order valence-electron chi connectivity index (χ1n) is 5.73. The highest BCUT2D eigenvalue weighted by molar-refractivity contribution is 9.10. The van der Waals surface area contributed by atoms with Crippen molar-refractivity contribution >= 4 is 27.0 Å². The van der Waals surface area contributed by atoms with E-state index in [-0.39, 0.29) is 11.9 Å². The Bertz CT molecular complexity index is 523. The van der Waals surface area contributed by atoms with E-state index in [0.717, 1.165) is 23.7 Å². The number of nitrogens with zero attached hydrogens (tertiary/aromatic N) is 1. The Morgan fingerprint density at radius 3 is 3.00 bits per heavy atom. The number of benzene rings is 1. The second-order valence-corrected chi connectivity index (χ2v) is 5.55. The molecule has 3 N–H and O–H groups in total. The highest BCUT2D eigenvalue weighted by Gasteiger charge is 2.25. The van der Waals surface area contributed by atoms with E-state index in [1.807, 2.05) is 0 Å². The summed E-state index contributed by atoms with van der Waals surface area (Å²) in [6.07, 6.45) is 3.51. The normalized spacial score (nSPS) is 17.6. The largest absolute Gasteiger partial charge is 0.341 e. The molecule has 0 radical (unpaired) electrons. The standard InChI is InChI=1S/C12H13BrFN3/c13-7-4-10-11(5-8(7)14)17-12(16-10)9(15)3-6-1-2-6/h4-6,9H,1-3,15H2,(H,16,17). The maximum atomic E-state index is 13.4. The quantitative estimate of drug-likeness (QED) is 0.913. The maximum absolute atomic E-state index is 13.4. The van der Waals surface area contributed by atoms with Crippen LogP contribution in [-0.4, -0.2) is 9.97 Å². The summed E-state index contributed by atoms with van der Waals surface area (Å²) in [5.41, 5.74) is 7.53. The van der Waals surface area contributed by atoms with Gasteiger partial charge in [0.25, 0.3) is 0 Å². The van der Waals surface area contributed by atoms with Gasteiger partial charge in [-0.15, -0.1) is 0 Å². The fourth-order valence-electron chi connectivity index (χ4n) is 2.02. The molecule has 2 aromatic rings. The van der Waals surface area contributed by atoms with Crippen LogP contribution in [-0.2, 0) is 0 Å². The molecule has 1 aromatic carbocycles. The van der Waals surface area contributed by atoms with Crippen LogP contribution in [0.1, 0.15) is 31.1 Å². The highest BCUT2D eigenvalue weighted by atomic mass is 79.9. The van der Waals surface area contributed by atoms with Gasteiger partial charge in [0, 0.05) is 6.07 Å². The van der Waals surface area contributed by atoms with Gasteiger partial charge in [-0.3, -0.25) is 0 Å². The minimum Gasteiger partial charge on any atom is -0.341 e. The third-order valence-electron chi connectivity index (χ3n) is 3.18. The average Bonchev–Trinajstić information content (AvgIpc) is 2.99. The minimum atomic E-state index is -0.288. The van der Waals surface area contributed by atoms with Crippen molar-refractivity contribution in [3.63, 3.8) is 0 Å². The molecule has 3 rings (SSSR count). The van der Waals surface area contributed by atoms with Crippen molar-refractivity contribution in [3.05, 3.63) is 28.2 Å². The summed E-state index contributed by atoms with van der Waals surface area (Å²) in [4.78, 5) is 7.52. The Kier molecular flexibility index (Phi) is 2.67. The van der Waals surface area contributed by atoms with Crippen LogP contribution in [0.25, 0.3) is 11.0 Å². The first kappa shape index (κ1) is 11.2. The van der Waals surface area contributed by atoms with Gasteiger partial charge in [0.15, 0.2) is 0 Å². The predicted molar refractivity (Wildman–Crippen MR) is 68.0 cm³/mol. The lowest BCUT2D eigenvalue weighted by Gasteiger charge is -2.06. The molecule has 1 aliphatic carbocycles. The molecule has 3 nitrogen and oxygen atoms in total. The van der Waals surface area contributed by atoms with Gasteiger partial charge >= 0.3 is 0 Å². The van der Waals surface area contributed by atoms with E-state index in [1.54, 1.807) is 6.07 Å². The van der Waals surface area contributed by atoms with Crippen LogP contribution in [0.4, 0.5) is 4.39 Å². The van der Waals surface area contributed by atoms with Gasteiger partial charge < -0.3 is 10.7 Å². The fraction of sp³-hybridized carbons (Fsp3) is 0.417. The van der Waals surface area contributed by atoms with Crippen molar-refractivity contribution < 1.29 is 4.39 Å². The second kappa shape index (κ2) is 4.07. The Labute approximate surface area is 107 Å². The molecule has 1 aliphatic rings. The van der Waals surface area contributed by atoms with E-state index in [9.17, 15) is 4.39 Å². The third-order valence-corrected chi connectivity index (χ3v) is 3.79. The number of H-pyrrole nitrogens is 1. The number of hydrogen-bond acceptors (Lipinski definition) is 2. The predicted octanol–water partition coefficient (Wildman–Crippen LogP) is 3.26. The summed E-state index contributed by atoms with van der Waals surface area (Å²) >= 11 is 3.15. The fourth-order valence-corrected chi connectivity index (χ4v) is 2.36. The van der Waals surface area contributed by atoms with Crippen LogP contribution in [0.2, 0.25) is 0 Å². The third kappa shape index (κ3) is 2.21. The average molecular weight is 298 g/mol. The van der Waals surface area contributed by atoms with Crippen LogP contribution < -0.4 is 5.73 Å². The molecular formula is C12H13BrFN3. The molecule has 0 amide bonds. The number of rotatable bonds is 3. The topological polar surface area (TPSA) is 54.7 Å². The van der Waals surface area contributed by atoms with E-state index < -0.39 is 0 Å². The van der Waals surface area contributed by atoms with Gasteiger partial charge in [-0.2, -0.15) is 0 Å². The summed E-state index contributed by atoms with van der Waals surface area (Å²) in [6.45, 7) is 0. The zero-order valence-electron chi connectivity index (χ0n) is 9.21. The highest BCUT2D eigenvalue weighted by Crippen LogP contribution is 2.36. The number of aromatic amines is 1. The molecular weight excluding hydrogens is 285 g/mol. The van der Waals surface area contributed by atoms with Gasteiger partial charge in [-0.05, 0) is 34.3 Å². The van der Waals surface area contributed by atoms with Crippen molar-refractivity contribution in [2.45, 2.75) is 25.3 Å². The van der Waals surface area contributed by atoms with Crippen LogP contribution in [0, 0.1) is 11.7 Å². The van der Waals surface area contributed by atoms with Gasteiger partial charge in [0.2, 0.25) is 0 Å². The van der Waals surface area contributed by atoms with Crippen LogP contribution in [0.3, 0.4) is 0 Å². The van der Waals surface area contributed by atoms with E-state index in [1.165, 1.54) is 18.9 Å². The molecule has 1 aromatic heterocycles. The van der Waals surface area contributed by atoms with E-state index in [0.29, 0.717) is 9.99 Å². The van der Waals surface area contributed by atoms with E-state index in [2.05, 4.69) is 25.9 Å². The zero-order chi connectivity index (χ0) is 12.0. The Morgan fingerprint density at radius 2 is 2.29 bits per heavy atom. The van der Waals surface area contributed by atoms with Crippen molar-refractivity contribution in [1.29, 1.82) is 0 Å². The van der Waals surface area contributed by atoms with Crippen LogP contribution in [0.5, 0.6) is 0 Å². The molecule has 1 atom stereocenters. The summed E-state index contributed by atoms with van der Waals surface area (Å²) in [5.74, 6) is 1.22. The molecule has 17 heavy (non-hydrogen) atoms. The molecule has 5 heteroatoms. The molecule has 90 valence electrons. The van der Waals surface area contributed by atoms with Gasteiger partial charge in [0.05, 0.1) is 21.5 Å². The number of nitrogens with one attached hydrogen (secondary N) is 1. The summed E-state index contributed by atoms with van der Waals surface area (Å²) in [7, 11) is 0. The minimum absolute atomic E-state index is 0.0725. The lowest BCUT2D eigenvalue weighted by Crippen LogP contribution is -2.12. The van der Waals surface area contributed by atoms with Crippen LogP contribution in [0.15, 0.2) is 16.6 Å². The molecule has 0 aliphatic heterocycles. The van der Waals surface area contributed by atoms with E-state index >= 15 is 0 Å². The van der Waals surface area contributed by atoms with Crippen molar-refractivity contribution in [1.82, 2.24) is 9.97 Å². The molecule has 1 fully saturated rings. The Hall–Kier alpha value is -0.940. The summed E-state index contributed by atoms with van der Waals surface area (Å²) < 4.78 is 13.8. The van der Waals surface area contributed by atoms with Gasteiger partial charge in [-0.1, -0.05) is 12.8 Å². The van der Waals surface area contributed by atoms with Crippen molar-refractivity contribution in [3.8, 4) is 0 Å². The number of nitrogens with two attached hydrogens (primary N) is 1. The molecule has 1 saturated carbocycles. The molecule has 0 spiro atoms. The number of fused-ring (bicyclic) bond motifs is 1. The molecule has 1 heterocycles. The number of imidazole rings is 1. The summed E-state index contributed by atoms with van der Waals surface area (Å²) in [6, 6.07) is 3.05. The number of halogens is 2. The smallest absolute Gasteiger partial charge is 0.139 e. The first-order valence-corrected chi connectivity index (χ1v) is 6.53. The first-order chi connectivity index (χ1) is 8.13. The SMILES string of the molecule is NC(CC1CC1)c1nc2cc(Br)c(F)cc2[nH]1. The Balaban J connectivity index is 1.94. The maximum Gasteiger partial charge on any atom is 0.139 e. The van der Waals surface area contributed by atoms with Crippen molar-refractivity contribution in [2.24, 2.45) is 11.7 Å². The molecule has 0 saturated heterocycles. The molecule has 1 unspecified atom stereocenters. The second-order valence-electron chi connectivity index (χ2n) is 4.69. The van der Waals surface area contributed by atoms with Crippen LogP contribution >= 0.6 is 15.9 Å². The van der Waals surface area contributed by atoms with Crippen molar-refractivity contribution in [2.75, 3.05) is 0 Å². The van der Waals surface area contributed by atoms with Gasteiger partial charge in [-0.25, -0.2) is 9.37 Å². The number of aromatic nitrogens is 2. The summed E-state index contributed by atoms with van der Waals surface area (Å²) in [5, 5.41) is 0. The van der Waals surface area contributed by atoms with Gasteiger partial charge in [0.1, 0.15) is 11.6 Å². The zero-order valence-corrected chi connectivity index (χ0v) is 10.8. The number of hydrogen-bond donors (Lipinski definition) is 2.